The fraction of sp³-hybridized carbons (Fsp3) is 0.286. The Morgan fingerprint density at radius 1 is 1.00 bits per heavy atom. The second-order valence-corrected chi connectivity index (χ2v) is 7.34. The van der Waals surface area contributed by atoms with Gasteiger partial charge in [-0.05, 0) is 12.1 Å². The molecule has 0 amide bonds. The number of benzene rings is 2. The molecule has 1 fully saturated rings. The van der Waals surface area contributed by atoms with Crippen LogP contribution in [0.4, 0.5) is 0 Å². The average molecular weight is 480 g/mol. The van der Waals surface area contributed by atoms with Gasteiger partial charge in [-0.3, -0.25) is 4.79 Å². The molecule has 4 atom stereocenters. The Bertz CT molecular complexity index is 1260. The highest BCUT2D eigenvalue weighted by atomic mass is 17.2. The number of hydrogen-bond donors (Lipinski definition) is 7. The summed E-state index contributed by atoms with van der Waals surface area (Å²) in [7, 11) is 1.10. The molecule has 1 saturated heterocycles. The summed E-state index contributed by atoms with van der Waals surface area (Å²) < 4.78 is 16.5. The highest BCUT2D eigenvalue weighted by molar-refractivity contribution is 5.89. The summed E-state index contributed by atoms with van der Waals surface area (Å²) in [4.78, 5) is 22.9. The predicted octanol–water partition coefficient (Wildman–Crippen LogP) is 0.0404. The summed E-state index contributed by atoms with van der Waals surface area (Å²) in [5.41, 5.74) is -1.21. The fourth-order valence-corrected chi connectivity index (χ4v) is 3.52. The van der Waals surface area contributed by atoms with E-state index in [0.717, 1.165) is 31.4 Å². The lowest BCUT2D eigenvalue weighted by molar-refractivity contribution is -0.179. The smallest absolute Gasteiger partial charge is 0.256 e. The summed E-state index contributed by atoms with van der Waals surface area (Å²) in [5, 5.41) is 68.5. The van der Waals surface area contributed by atoms with Crippen molar-refractivity contribution in [3.63, 3.8) is 0 Å². The number of aromatic hydroxyl groups is 4. The molecule has 4 rings (SSSR count). The van der Waals surface area contributed by atoms with E-state index < -0.39 is 65.4 Å². The Hall–Kier alpha value is -3.75. The topological polar surface area (TPSA) is 209 Å². The minimum absolute atomic E-state index is 0.0897. The van der Waals surface area contributed by atoms with Gasteiger partial charge in [0.1, 0.15) is 40.8 Å². The molecule has 13 nitrogen and oxygen atoms in total. The number of rotatable bonds is 6. The largest absolute Gasteiger partial charge is 0.508 e. The molecule has 34 heavy (non-hydrogen) atoms. The van der Waals surface area contributed by atoms with Crippen LogP contribution in [0.15, 0.2) is 33.5 Å². The molecule has 1 aliphatic rings. The monoisotopic (exact) mass is 480 g/mol. The first-order valence-electron chi connectivity index (χ1n) is 9.75. The summed E-state index contributed by atoms with van der Waals surface area (Å²) in [5.74, 6) is -3.85. The number of ether oxygens (including phenoxy) is 2. The zero-order valence-corrected chi connectivity index (χ0v) is 17.4. The van der Waals surface area contributed by atoms with E-state index in [4.69, 9.17) is 18.8 Å². The molecule has 2 heterocycles. The standard InChI is InChI=1S/C21H20O13/c1-30-34-20-17(28)14-11(31-19(20)7-2-9(24)15(26)10(25)3-7)4-8(23)5-12(14)32-21-18(29)16(27)13(6-22)33-21/h2-5,13,16,18,21-27,29H,6H2,1H3. The van der Waals surface area contributed by atoms with Gasteiger partial charge in [0.05, 0.1) is 13.7 Å². The van der Waals surface area contributed by atoms with E-state index in [1.165, 1.54) is 0 Å². The van der Waals surface area contributed by atoms with Gasteiger partial charge in [0.25, 0.3) is 5.75 Å². The van der Waals surface area contributed by atoms with Crippen LogP contribution in [0.3, 0.4) is 0 Å². The van der Waals surface area contributed by atoms with Crippen LogP contribution in [0.5, 0.6) is 34.5 Å². The van der Waals surface area contributed by atoms with Crippen molar-refractivity contribution in [3.8, 4) is 45.8 Å². The Balaban J connectivity index is 1.89. The third kappa shape index (κ3) is 3.91. The third-order valence-corrected chi connectivity index (χ3v) is 5.14. The fourth-order valence-electron chi connectivity index (χ4n) is 3.52. The lowest BCUT2D eigenvalue weighted by Gasteiger charge is -2.18. The van der Waals surface area contributed by atoms with E-state index in [9.17, 15) is 40.5 Å². The minimum atomic E-state index is -1.58. The second-order valence-electron chi connectivity index (χ2n) is 7.34. The van der Waals surface area contributed by atoms with Crippen LogP contribution in [0.2, 0.25) is 0 Å². The van der Waals surface area contributed by atoms with Crippen LogP contribution in [0.1, 0.15) is 0 Å². The maximum atomic E-state index is 13.3. The first kappa shape index (κ1) is 23.4. The quantitative estimate of drug-likeness (QED) is 0.141. The van der Waals surface area contributed by atoms with Crippen molar-refractivity contribution >= 4 is 11.0 Å². The molecule has 182 valence electrons. The minimum Gasteiger partial charge on any atom is -0.508 e. The van der Waals surface area contributed by atoms with Gasteiger partial charge in [0.15, 0.2) is 23.0 Å². The van der Waals surface area contributed by atoms with Crippen LogP contribution >= 0.6 is 0 Å². The van der Waals surface area contributed by atoms with Crippen LogP contribution in [0.25, 0.3) is 22.3 Å². The maximum Gasteiger partial charge on any atom is 0.256 e. The summed E-state index contributed by atoms with van der Waals surface area (Å²) in [6.07, 6.45) is -5.70. The van der Waals surface area contributed by atoms with E-state index in [1.54, 1.807) is 0 Å². The SMILES string of the molecule is COOc1c(-c2cc(O)c(O)c(O)c2)oc2cc(O)cc(OC3OC(CO)C(O)C3O)c2c1=O. The molecule has 0 saturated carbocycles. The second kappa shape index (κ2) is 8.89. The highest BCUT2D eigenvalue weighted by Gasteiger charge is 2.44. The molecule has 0 bridgehead atoms. The van der Waals surface area contributed by atoms with Gasteiger partial charge < -0.3 is 54.5 Å². The van der Waals surface area contributed by atoms with Crippen molar-refractivity contribution in [2.75, 3.05) is 13.7 Å². The first-order valence-corrected chi connectivity index (χ1v) is 9.75. The van der Waals surface area contributed by atoms with Crippen molar-refractivity contribution in [2.24, 2.45) is 0 Å². The van der Waals surface area contributed by atoms with Crippen molar-refractivity contribution in [2.45, 2.75) is 24.6 Å². The number of aliphatic hydroxyl groups excluding tert-OH is 3. The van der Waals surface area contributed by atoms with Crippen LogP contribution < -0.4 is 15.1 Å². The van der Waals surface area contributed by atoms with Gasteiger partial charge in [-0.25, -0.2) is 0 Å². The zero-order valence-electron chi connectivity index (χ0n) is 17.4. The highest BCUT2D eigenvalue weighted by Crippen LogP contribution is 2.43. The number of phenols is 4. The lowest BCUT2D eigenvalue weighted by atomic mass is 10.1. The van der Waals surface area contributed by atoms with Crippen LogP contribution in [-0.4, -0.2) is 74.1 Å². The molecule has 0 radical (unpaired) electrons. The zero-order chi connectivity index (χ0) is 24.7. The van der Waals surface area contributed by atoms with Crippen molar-refractivity contribution < 1.29 is 59.4 Å². The van der Waals surface area contributed by atoms with Gasteiger partial charge in [-0.2, -0.15) is 4.89 Å². The van der Waals surface area contributed by atoms with E-state index in [-0.39, 0.29) is 28.0 Å². The number of fused-ring (bicyclic) bond motifs is 1. The normalized spacial score (nSPS) is 22.2. The van der Waals surface area contributed by atoms with E-state index in [0.29, 0.717) is 0 Å². The average Bonchev–Trinajstić information content (AvgIpc) is 3.06. The van der Waals surface area contributed by atoms with E-state index >= 15 is 0 Å². The van der Waals surface area contributed by atoms with Crippen molar-refractivity contribution in [1.82, 2.24) is 0 Å². The molecule has 3 aromatic rings. The molecular formula is C21H20O13. The lowest BCUT2D eigenvalue weighted by Crippen LogP contribution is -2.35. The molecule has 7 N–H and O–H groups in total. The van der Waals surface area contributed by atoms with Gasteiger partial charge in [0, 0.05) is 17.7 Å². The number of phenolic OH excluding ortho intramolecular Hbond substituents is 4. The maximum absolute atomic E-state index is 13.3. The number of aliphatic hydroxyl groups is 3. The number of hydrogen-bond acceptors (Lipinski definition) is 13. The Kier molecular flexibility index (Phi) is 6.12. The van der Waals surface area contributed by atoms with E-state index in [1.807, 2.05) is 0 Å². The van der Waals surface area contributed by atoms with Gasteiger partial charge in [-0.1, -0.05) is 0 Å². The summed E-state index contributed by atoms with van der Waals surface area (Å²) in [6, 6.07) is 4.08. The summed E-state index contributed by atoms with van der Waals surface area (Å²) in [6.45, 7) is -0.609. The van der Waals surface area contributed by atoms with Gasteiger partial charge >= 0.3 is 0 Å². The van der Waals surface area contributed by atoms with E-state index in [2.05, 4.69) is 4.89 Å². The Morgan fingerprint density at radius 2 is 1.68 bits per heavy atom. The molecular weight excluding hydrogens is 460 g/mol. The molecule has 2 aromatic carbocycles. The van der Waals surface area contributed by atoms with Crippen LogP contribution in [-0.2, 0) is 9.62 Å². The van der Waals surface area contributed by atoms with Crippen molar-refractivity contribution in [3.05, 3.63) is 34.5 Å². The van der Waals surface area contributed by atoms with Gasteiger partial charge in [0.2, 0.25) is 11.7 Å². The molecule has 0 spiro atoms. The Morgan fingerprint density at radius 3 is 2.26 bits per heavy atom. The van der Waals surface area contributed by atoms with Gasteiger partial charge in [-0.15, -0.1) is 0 Å². The van der Waals surface area contributed by atoms with Crippen LogP contribution in [0, 0.1) is 0 Å². The molecule has 1 aliphatic heterocycles. The molecule has 0 aliphatic carbocycles. The molecule has 4 unspecified atom stereocenters. The first-order chi connectivity index (χ1) is 16.2. The Labute approximate surface area is 189 Å². The van der Waals surface area contributed by atoms with Crippen molar-refractivity contribution in [1.29, 1.82) is 0 Å². The molecule has 13 heteroatoms. The predicted molar refractivity (Wildman–Crippen MR) is 111 cm³/mol. The molecule has 1 aromatic heterocycles. The summed E-state index contributed by atoms with van der Waals surface area (Å²) >= 11 is 0. The third-order valence-electron chi connectivity index (χ3n) is 5.14.